The number of hydrogen-bond acceptors (Lipinski definition) is 14. The number of imidazole rings is 1. The van der Waals surface area contributed by atoms with Gasteiger partial charge in [-0.05, 0) is 38.1 Å². The number of amides is 7. The van der Waals surface area contributed by atoms with Crippen molar-refractivity contribution in [3.05, 3.63) is 18.2 Å². The third kappa shape index (κ3) is 16.6. The van der Waals surface area contributed by atoms with Gasteiger partial charge in [-0.15, -0.1) is 0 Å². The number of nitrogens with one attached hydrogen (secondary N) is 7. The number of aromatic nitrogens is 2. The Morgan fingerprint density at radius 1 is 0.704 bits per heavy atom. The predicted octanol–water partition coefficient (Wildman–Crippen LogP) is -6.70. The Hall–Kier alpha value is -5.23. The first-order valence-electron chi connectivity index (χ1n) is 17.1. The number of nitrogens with two attached hydrogens (primary N) is 3. The zero-order valence-electron chi connectivity index (χ0n) is 30.1. The second-order valence-corrected chi connectivity index (χ2v) is 12.7. The van der Waals surface area contributed by atoms with Crippen molar-refractivity contribution in [2.75, 3.05) is 26.4 Å². The summed E-state index contributed by atoms with van der Waals surface area (Å²) in [4.78, 5) is 109. The zero-order valence-corrected chi connectivity index (χ0v) is 30.1. The average Bonchev–Trinajstić information content (AvgIpc) is 3.63. The molecule has 23 nitrogen and oxygen atoms in total. The van der Waals surface area contributed by atoms with E-state index in [2.05, 4.69) is 41.9 Å². The van der Waals surface area contributed by atoms with E-state index in [-0.39, 0.29) is 25.2 Å². The number of carboxylic acids is 1. The summed E-state index contributed by atoms with van der Waals surface area (Å²) in [6.45, 7) is 1.02. The lowest BCUT2D eigenvalue weighted by molar-refractivity contribution is -0.142. The SMILES string of the molecule is CC(C)C[C@H](NC(=O)[C@H](Cc1cnc[nH]1)NC(=O)[C@H](CO)NC(=O)[C@H](CO)NC(=O)[C@@H](N)CO)C(=O)N[C@@H](CC(N)=O)C(=O)N[C@@H](CCCCN)C(=O)O. The van der Waals surface area contributed by atoms with Gasteiger partial charge in [0.2, 0.25) is 41.4 Å². The van der Waals surface area contributed by atoms with Crippen LogP contribution in [0.15, 0.2) is 12.5 Å². The lowest BCUT2D eigenvalue weighted by Crippen LogP contribution is -2.61. The van der Waals surface area contributed by atoms with Crippen molar-refractivity contribution in [1.29, 1.82) is 0 Å². The zero-order chi connectivity index (χ0) is 41.0. The molecular formula is C31H53N11O12. The highest BCUT2D eigenvalue weighted by Crippen LogP contribution is 2.09. The highest BCUT2D eigenvalue weighted by molar-refractivity contribution is 5.98. The number of hydrogen-bond donors (Lipinski definition) is 14. The van der Waals surface area contributed by atoms with Crippen LogP contribution in [0.1, 0.15) is 51.6 Å². The number of aliphatic carboxylic acids is 1. The van der Waals surface area contributed by atoms with Crippen molar-refractivity contribution in [2.24, 2.45) is 23.1 Å². The molecule has 0 fully saturated rings. The molecule has 0 aromatic carbocycles. The minimum Gasteiger partial charge on any atom is -0.480 e. The van der Waals surface area contributed by atoms with Gasteiger partial charge in [-0.25, -0.2) is 9.78 Å². The number of primary amides is 1. The van der Waals surface area contributed by atoms with Crippen LogP contribution < -0.4 is 49.1 Å². The van der Waals surface area contributed by atoms with Gasteiger partial charge in [0.15, 0.2) is 0 Å². The molecule has 1 aromatic rings. The summed E-state index contributed by atoms with van der Waals surface area (Å²) in [5, 5.41) is 51.9. The van der Waals surface area contributed by atoms with Gasteiger partial charge in [-0.1, -0.05) is 13.8 Å². The standard InChI is InChI=1S/C31H53N11O12/c1-15(2)7-19(26(48)40-21(9-24(34)46)28(50)37-18(31(53)54)5-3-4-6-32)38-27(49)20(8-16-10-35-14-36-16)39-29(51)23(13-45)42-30(52)22(12-44)41-25(47)17(33)11-43/h10,14-15,17-23,43-45H,3-9,11-13,32-33H2,1-2H3,(H2,34,46)(H,35,36)(H,37,50)(H,38,49)(H,39,51)(H,40,48)(H,41,47)(H,42,52)(H,53,54)/t17-,18-,19-,20-,21-,22-,23-/m0/s1. The van der Waals surface area contributed by atoms with Gasteiger partial charge >= 0.3 is 5.97 Å². The molecule has 23 heteroatoms. The number of rotatable bonds is 26. The number of carbonyl (C=O) groups is 8. The molecule has 0 spiro atoms. The lowest BCUT2D eigenvalue weighted by atomic mass is 10.0. The van der Waals surface area contributed by atoms with Gasteiger partial charge in [0.25, 0.3) is 0 Å². The van der Waals surface area contributed by atoms with Crippen molar-refractivity contribution < 1.29 is 58.8 Å². The van der Waals surface area contributed by atoms with Crippen molar-refractivity contribution >= 4 is 47.3 Å². The molecule has 54 heavy (non-hydrogen) atoms. The van der Waals surface area contributed by atoms with E-state index in [1.54, 1.807) is 13.8 Å². The second kappa shape index (κ2) is 24.2. The molecule has 0 aliphatic rings. The van der Waals surface area contributed by atoms with Crippen LogP contribution in [0.4, 0.5) is 0 Å². The number of carbonyl (C=O) groups excluding carboxylic acids is 7. The topological polar surface area (TPSA) is 396 Å². The van der Waals surface area contributed by atoms with Crippen LogP contribution in [-0.4, -0.2) is 146 Å². The second-order valence-electron chi connectivity index (χ2n) is 12.7. The first-order chi connectivity index (χ1) is 25.5. The molecule has 0 bridgehead atoms. The van der Waals surface area contributed by atoms with Gasteiger partial charge in [-0.2, -0.15) is 0 Å². The molecule has 7 atom stereocenters. The van der Waals surface area contributed by atoms with Crippen molar-refractivity contribution in [3.8, 4) is 0 Å². The van der Waals surface area contributed by atoms with Crippen molar-refractivity contribution in [2.45, 2.75) is 94.7 Å². The third-order valence-corrected chi connectivity index (χ3v) is 7.72. The van der Waals surface area contributed by atoms with Gasteiger partial charge < -0.3 is 74.5 Å². The Balaban J connectivity index is 3.25. The summed E-state index contributed by atoms with van der Waals surface area (Å²) in [5.74, 6) is -8.70. The van der Waals surface area contributed by atoms with Crippen LogP contribution in [-0.2, 0) is 44.8 Å². The summed E-state index contributed by atoms with van der Waals surface area (Å²) in [5.41, 5.74) is 16.5. The molecule has 7 amide bonds. The number of nitrogens with zero attached hydrogens (tertiary/aromatic N) is 1. The quantitative estimate of drug-likeness (QED) is 0.0389. The third-order valence-electron chi connectivity index (χ3n) is 7.72. The molecule has 1 aromatic heterocycles. The lowest BCUT2D eigenvalue weighted by Gasteiger charge is -2.27. The molecular weight excluding hydrogens is 718 g/mol. The molecule has 0 aliphatic carbocycles. The van der Waals surface area contributed by atoms with E-state index in [0.29, 0.717) is 25.1 Å². The van der Waals surface area contributed by atoms with Crippen LogP contribution in [0, 0.1) is 5.92 Å². The summed E-state index contributed by atoms with van der Waals surface area (Å²) < 4.78 is 0. The molecule has 1 heterocycles. The van der Waals surface area contributed by atoms with Crippen molar-refractivity contribution in [1.82, 2.24) is 41.9 Å². The largest absolute Gasteiger partial charge is 0.480 e. The summed E-state index contributed by atoms with van der Waals surface area (Å²) in [6.07, 6.45) is 2.53. The van der Waals surface area contributed by atoms with E-state index >= 15 is 0 Å². The Morgan fingerprint density at radius 2 is 1.19 bits per heavy atom. The molecule has 0 unspecified atom stereocenters. The van der Waals surface area contributed by atoms with E-state index in [1.807, 2.05) is 0 Å². The fourth-order valence-electron chi connectivity index (χ4n) is 4.80. The molecule has 0 saturated carbocycles. The highest BCUT2D eigenvalue weighted by atomic mass is 16.4. The van der Waals surface area contributed by atoms with E-state index in [1.165, 1.54) is 12.5 Å². The minimum absolute atomic E-state index is 0.0176. The first kappa shape index (κ1) is 46.8. The normalized spacial score (nSPS) is 15.0. The highest BCUT2D eigenvalue weighted by Gasteiger charge is 2.34. The van der Waals surface area contributed by atoms with Crippen LogP contribution in [0.5, 0.6) is 0 Å². The van der Waals surface area contributed by atoms with E-state index in [0.717, 1.165) is 0 Å². The van der Waals surface area contributed by atoms with Crippen LogP contribution >= 0.6 is 0 Å². The van der Waals surface area contributed by atoms with Gasteiger partial charge in [0, 0.05) is 18.3 Å². The Labute approximate surface area is 310 Å². The van der Waals surface area contributed by atoms with Crippen LogP contribution in [0.25, 0.3) is 0 Å². The maximum Gasteiger partial charge on any atom is 0.326 e. The van der Waals surface area contributed by atoms with E-state index in [4.69, 9.17) is 22.3 Å². The summed E-state index contributed by atoms with van der Waals surface area (Å²) in [6, 6.07) is -10.6. The number of aromatic amines is 1. The summed E-state index contributed by atoms with van der Waals surface area (Å²) >= 11 is 0. The molecule has 0 radical (unpaired) electrons. The van der Waals surface area contributed by atoms with Gasteiger partial charge in [0.05, 0.1) is 32.6 Å². The fraction of sp³-hybridized carbons (Fsp3) is 0.645. The maximum atomic E-state index is 13.7. The number of aliphatic hydroxyl groups excluding tert-OH is 3. The molecule has 17 N–H and O–H groups in total. The first-order valence-corrected chi connectivity index (χ1v) is 17.1. The Bertz CT molecular complexity index is 1410. The van der Waals surface area contributed by atoms with E-state index in [9.17, 15) is 53.7 Å². The number of H-pyrrole nitrogens is 1. The minimum atomic E-state index is -1.72. The van der Waals surface area contributed by atoms with Crippen LogP contribution in [0.3, 0.4) is 0 Å². The Kier molecular flexibility index (Phi) is 20.9. The van der Waals surface area contributed by atoms with Gasteiger partial charge in [-0.3, -0.25) is 33.6 Å². The Morgan fingerprint density at radius 3 is 1.67 bits per heavy atom. The number of carboxylic acid groups (broad SMARTS) is 1. The molecule has 0 saturated heterocycles. The van der Waals surface area contributed by atoms with Gasteiger partial charge in [0.1, 0.15) is 42.3 Å². The van der Waals surface area contributed by atoms with Crippen LogP contribution in [0.2, 0.25) is 0 Å². The number of unbranched alkanes of at least 4 members (excludes halogenated alkanes) is 1. The average molecular weight is 772 g/mol. The summed E-state index contributed by atoms with van der Waals surface area (Å²) in [7, 11) is 0. The molecule has 304 valence electrons. The smallest absolute Gasteiger partial charge is 0.326 e. The predicted molar refractivity (Wildman–Crippen MR) is 187 cm³/mol. The molecule has 0 aliphatic heterocycles. The maximum absolute atomic E-state index is 13.7. The fourth-order valence-corrected chi connectivity index (χ4v) is 4.80. The van der Waals surface area contributed by atoms with E-state index < -0.39 is 116 Å². The van der Waals surface area contributed by atoms with Crippen molar-refractivity contribution in [3.63, 3.8) is 0 Å². The monoisotopic (exact) mass is 771 g/mol. The molecule has 1 rings (SSSR count). The number of aliphatic hydroxyl groups is 3.